The first-order valence-corrected chi connectivity index (χ1v) is 6.18. The molecule has 0 bridgehead atoms. The molecule has 2 N–H and O–H groups in total. The molecular weight excluding hydrogens is 224 g/mol. The summed E-state index contributed by atoms with van der Waals surface area (Å²) in [6.07, 6.45) is 2.02. The Balaban J connectivity index is 1.92. The van der Waals surface area contributed by atoms with Crippen molar-refractivity contribution in [2.24, 2.45) is 7.05 Å². The smallest absolute Gasteiger partial charge is 0.0992 e. The highest BCUT2D eigenvalue weighted by Crippen LogP contribution is 2.19. The van der Waals surface area contributed by atoms with Gasteiger partial charge in [-0.2, -0.15) is 0 Å². The maximum Gasteiger partial charge on any atom is 0.0992 e. The number of hydrogen-bond acceptors (Lipinski definition) is 2. The highest BCUT2D eigenvalue weighted by molar-refractivity contribution is 5.21. The number of benzene rings is 1. The third-order valence-corrected chi connectivity index (χ3v) is 3.22. The van der Waals surface area contributed by atoms with Gasteiger partial charge in [-0.25, -0.2) is 0 Å². The number of hydrogen-bond donors (Lipinski definition) is 2. The van der Waals surface area contributed by atoms with Crippen molar-refractivity contribution in [1.29, 1.82) is 0 Å². The van der Waals surface area contributed by atoms with Gasteiger partial charge in [-0.3, -0.25) is 0 Å². The fourth-order valence-corrected chi connectivity index (χ4v) is 2.01. The predicted molar refractivity (Wildman–Crippen MR) is 73.1 cm³/mol. The zero-order chi connectivity index (χ0) is 13.0. The summed E-state index contributed by atoms with van der Waals surface area (Å²) in [7, 11) is 2.02. The zero-order valence-electron chi connectivity index (χ0n) is 10.9. The van der Waals surface area contributed by atoms with Gasteiger partial charge in [0.1, 0.15) is 0 Å². The van der Waals surface area contributed by atoms with Gasteiger partial charge in [0.25, 0.3) is 0 Å². The second-order valence-corrected chi connectivity index (χ2v) is 4.85. The first kappa shape index (κ1) is 12.9. The molecule has 0 fully saturated rings. The first-order chi connectivity index (χ1) is 8.59. The van der Waals surface area contributed by atoms with Crippen LogP contribution in [0.25, 0.3) is 0 Å². The van der Waals surface area contributed by atoms with Crippen molar-refractivity contribution >= 4 is 0 Å². The van der Waals surface area contributed by atoms with E-state index < -0.39 is 5.60 Å². The third-order valence-electron chi connectivity index (χ3n) is 3.22. The average molecular weight is 244 g/mol. The molecule has 1 heterocycles. The van der Waals surface area contributed by atoms with Crippen molar-refractivity contribution in [3.05, 3.63) is 59.9 Å². The number of aliphatic hydroxyl groups is 1. The van der Waals surface area contributed by atoms with Gasteiger partial charge >= 0.3 is 0 Å². The van der Waals surface area contributed by atoms with Crippen molar-refractivity contribution in [2.75, 3.05) is 6.54 Å². The van der Waals surface area contributed by atoms with E-state index in [9.17, 15) is 5.11 Å². The van der Waals surface area contributed by atoms with E-state index in [0.29, 0.717) is 6.54 Å². The fourth-order valence-electron chi connectivity index (χ4n) is 2.01. The van der Waals surface area contributed by atoms with Gasteiger partial charge in [-0.1, -0.05) is 30.3 Å². The molecule has 3 heteroatoms. The van der Waals surface area contributed by atoms with Crippen molar-refractivity contribution in [1.82, 2.24) is 9.88 Å². The molecular formula is C15H20N2O. The molecule has 0 saturated carbocycles. The van der Waals surface area contributed by atoms with Crippen LogP contribution in [0.1, 0.15) is 18.2 Å². The molecule has 0 aliphatic heterocycles. The molecule has 0 spiro atoms. The molecule has 1 aromatic heterocycles. The van der Waals surface area contributed by atoms with Crippen LogP contribution < -0.4 is 5.32 Å². The summed E-state index contributed by atoms with van der Waals surface area (Å²) in [6, 6.07) is 13.8. The molecule has 0 aliphatic rings. The highest BCUT2D eigenvalue weighted by atomic mass is 16.3. The van der Waals surface area contributed by atoms with Crippen molar-refractivity contribution in [3.63, 3.8) is 0 Å². The molecule has 0 radical (unpaired) electrons. The Hall–Kier alpha value is -1.58. The molecule has 0 saturated heterocycles. The minimum Gasteiger partial charge on any atom is -0.384 e. The molecule has 0 aliphatic carbocycles. The van der Waals surface area contributed by atoms with E-state index in [1.807, 2.05) is 56.6 Å². The quantitative estimate of drug-likeness (QED) is 0.844. The summed E-state index contributed by atoms with van der Waals surface area (Å²) in [5, 5.41) is 13.7. The molecule has 1 aromatic carbocycles. The Morgan fingerprint density at radius 1 is 1.17 bits per heavy atom. The minimum atomic E-state index is -0.841. The number of nitrogens with zero attached hydrogens (tertiary/aromatic N) is 1. The van der Waals surface area contributed by atoms with E-state index in [1.54, 1.807) is 0 Å². The van der Waals surface area contributed by atoms with Crippen LogP contribution in [0.3, 0.4) is 0 Å². The lowest BCUT2D eigenvalue weighted by Gasteiger charge is -2.24. The Morgan fingerprint density at radius 2 is 1.89 bits per heavy atom. The first-order valence-electron chi connectivity index (χ1n) is 6.18. The number of rotatable bonds is 5. The summed E-state index contributed by atoms with van der Waals surface area (Å²) in [6.45, 7) is 3.12. The monoisotopic (exact) mass is 244 g/mol. The van der Waals surface area contributed by atoms with Gasteiger partial charge in [0.15, 0.2) is 0 Å². The van der Waals surface area contributed by atoms with Gasteiger partial charge in [0, 0.05) is 32.0 Å². The lowest BCUT2D eigenvalue weighted by atomic mass is 9.96. The second kappa shape index (κ2) is 5.38. The van der Waals surface area contributed by atoms with Crippen molar-refractivity contribution < 1.29 is 5.11 Å². The third kappa shape index (κ3) is 3.00. The molecule has 1 unspecified atom stereocenters. The van der Waals surface area contributed by atoms with Gasteiger partial charge in [0.05, 0.1) is 5.60 Å². The van der Waals surface area contributed by atoms with Crippen LogP contribution in [-0.4, -0.2) is 16.2 Å². The lowest BCUT2D eigenvalue weighted by Crippen LogP contribution is -2.35. The topological polar surface area (TPSA) is 37.2 Å². The summed E-state index contributed by atoms with van der Waals surface area (Å²) >= 11 is 0. The predicted octanol–water partition coefficient (Wildman–Crippen LogP) is 2.02. The summed E-state index contributed by atoms with van der Waals surface area (Å²) in [5.74, 6) is 0. The minimum absolute atomic E-state index is 0.530. The van der Waals surface area contributed by atoms with Crippen LogP contribution in [-0.2, 0) is 19.2 Å². The maximum atomic E-state index is 10.4. The molecule has 18 heavy (non-hydrogen) atoms. The van der Waals surface area contributed by atoms with E-state index in [0.717, 1.165) is 12.1 Å². The van der Waals surface area contributed by atoms with E-state index >= 15 is 0 Å². The van der Waals surface area contributed by atoms with Gasteiger partial charge in [0.2, 0.25) is 0 Å². The second-order valence-electron chi connectivity index (χ2n) is 4.85. The molecule has 96 valence electrons. The van der Waals surface area contributed by atoms with Gasteiger partial charge in [-0.15, -0.1) is 0 Å². The summed E-state index contributed by atoms with van der Waals surface area (Å²) < 4.78 is 2.07. The normalized spacial score (nSPS) is 14.4. The highest BCUT2D eigenvalue weighted by Gasteiger charge is 2.21. The number of aryl methyl sites for hydroxylation is 1. The van der Waals surface area contributed by atoms with Crippen LogP contribution in [0.15, 0.2) is 48.7 Å². The zero-order valence-corrected chi connectivity index (χ0v) is 10.9. The van der Waals surface area contributed by atoms with Crippen LogP contribution >= 0.6 is 0 Å². The Kier molecular flexibility index (Phi) is 3.84. The van der Waals surface area contributed by atoms with Crippen LogP contribution in [0.4, 0.5) is 0 Å². The standard InChI is InChI=1S/C15H20N2O/c1-15(18,13-7-4-3-5-8-13)12-16-11-14-9-6-10-17(14)2/h3-10,16,18H,11-12H2,1-2H3. The average Bonchev–Trinajstić information content (AvgIpc) is 2.76. The maximum absolute atomic E-state index is 10.4. The van der Waals surface area contributed by atoms with E-state index in [-0.39, 0.29) is 0 Å². The van der Waals surface area contributed by atoms with Crippen LogP contribution in [0, 0.1) is 0 Å². The van der Waals surface area contributed by atoms with E-state index in [2.05, 4.69) is 16.0 Å². The Bertz CT molecular complexity index is 488. The Labute approximate surface area is 108 Å². The van der Waals surface area contributed by atoms with Crippen LogP contribution in [0.5, 0.6) is 0 Å². The Morgan fingerprint density at radius 3 is 2.50 bits per heavy atom. The lowest BCUT2D eigenvalue weighted by molar-refractivity contribution is 0.0565. The largest absolute Gasteiger partial charge is 0.384 e. The summed E-state index contributed by atoms with van der Waals surface area (Å²) in [5.41, 5.74) is 1.30. The summed E-state index contributed by atoms with van der Waals surface area (Å²) in [4.78, 5) is 0. The van der Waals surface area contributed by atoms with Crippen molar-refractivity contribution in [2.45, 2.75) is 19.1 Å². The number of nitrogens with one attached hydrogen (secondary N) is 1. The SMILES string of the molecule is Cn1cccc1CNCC(C)(O)c1ccccc1. The molecule has 0 amide bonds. The molecule has 2 rings (SSSR count). The van der Waals surface area contributed by atoms with Gasteiger partial charge in [-0.05, 0) is 24.6 Å². The molecule has 1 atom stereocenters. The van der Waals surface area contributed by atoms with E-state index in [4.69, 9.17) is 0 Å². The number of aromatic nitrogens is 1. The van der Waals surface area contributed by atoms with E-state index in [1.165, 1.54) is 5.69 Å². The van der Waals surface area contributed by atoms with Crippen LogP contribution in [0.2, 0.25) is 0 Å². The molecule has 2 aromatic rings. The van der Waals surface area contributed by atoms with Crippen molar-refractivity contribution in [3.8, 4) is 0 Å². The van der Waals surface area contributed by atoms with Gasteiger partial charge < -0.3 is 15.0 Å². The fraction of sp³-hybridized carbons (Fsp3) is 0.333. The molecule has 3 nitrogen and oxygen atoms in total.